The van der Waals surface area contributed by atoms with Gasteiger partial charge in [-0.25, -0.2) is 0 Å². The van der Waals surface area contributed by atoms with Crippen LogP contribution in [-0.4, -0.2) is 75.5 Å². The number of amides is 2. The van der Waals surface area contributed by atoms with Gasteiger partial charge in [-0.3, -0.25) is 19.3 Å². The van der Waals surface area contributed by atoms with Crippen LogP contribution in [0.5, 0.6) is 0 Å². The van der Waals surface area contributed by atoms with Crippen LogP contribution >= 0.6 is 11.8 Å². The Bertz CT molecular complexity index is 510. The lowest BCUT2D eigenvalue weighted by Crippen LogP contribution is -2.58. The van der Waals surface area contributed by atoms with Crippen molar-refractivity contribution in [2.24, 2.45) is 5.92 Å². The van der Waals surface area contributed by atoms with E-state index in [1.165, 1.54) is 0 Å². The van der Waals surface area contributed by atoms with Crippen LogP contribution in [0.1, 0.15) is 40.0 Å². The molecular weight excluding hydrogens is 342 g/mol. The number of carbonyl (C=O) groups excluding carboxylic acids is 2. The second-order valence-electron chi connectivity index (χ2n) is 6.92. The summed E-state index contributed by atoms with van der Waals surface area (Å²) in [5.74, 6) is 0.318. The quantitative estimate of drug-likeness (QED) is 0.661. The first-order valence-corrected chi connectivity index (χ1v) is 10.2. The molecule has 25 heavy (non-hydrogen) atoms. The van der Waals surface area contributed by atoms with Gasteiger partial charge >= 0.3 is 5.97 Å². The number of hydrogen-bond donors (Lipinski definition) is 2. The van der Waals surface area contributed by atoms with Gasteiger partial charge in [0, 0.05) is 23.8 Å². The topological polar surface area (TPSA) is 90.0 Å². The van der Waals surface area contributed by atoms with Crippen molar-refractivity contribution in [3.8, 4) is 0 Å². The average molecular weight is 372 g/mol. The summed E-state index contributed by atoms with van der Waals surface area (Å²) < 4.78 is 0. The first-order chi connectivity index (χ1) is 11.9. The molecule has 1 heterocycles. The number of thioether (sulfide) groups is 1. The van der Waals surface area contributed by atoms with Crippen LogP contribution in [0, 0.1) is 5.92 Å². The van der Waals surface area contributed by atoms with E-state index < -0.39 is 5.97 Å². The Morgan fingerprint density at radius 2 is 2.00 bits per heavy atom. The number of nitrogens with zero attached hydrogens (tertiary/aromatic N) is 2. The molecule has 0 radical (unpaired) electrons. The molecular formula is C17H29N3O4S. The van der Waals surface area contributed by atoms with E-state index in [4.69, 9.17) is 5.11 Å². The fraction of sp³-hybridized carbons (Fsp3) is 0.824. The molecule has 2 N–H and O–H groups in total. The minimum atomic E-state index is -0.823. The fourth-order valence-electron chi connectivity index (χ4n) is 3.31. The number of likely N-dealkylation sites (N-methyl/N-ethyl adjacent to an activating group) is 1. The van der Waals surface area contributed by atoms with E-state index in [9.17, 15) is 14.4 Å². The van der Waals surface area contributed by atoms with Crippen molar-refractivity contribution < 1.29 is 19.5 Å². The summed E-state index contributed by atoms with van der Waals surface area (Å²) in [6.07, 6.45) is 2.31. The van der Waals surface area contributed by atoms with Gasteiger partial charge in [0.05, 0.1) is 12.4 Å². The van der Waals surface area contributed by atoms with Crippen molar-refractivity contribution in [2.75, 3.05) is 24.7 Å². The molecule has 2 atom stereocenters. The molecule has 2 aliphatic rings. The van der Waals surface area contributed by atoms with Crippen LogP contribution in [0.25, 0.3) is 0 Å². The average Bonchev–Trinajstić information content (AvgIpc) is 3.03. The van der Waals surface area contributed by atoms with Gasteiger partial charge in [-0.15, -0.1) is 11.8 Å². The highest BCUT2D eigenvalue weighted by molar-refractivity contribution is 7.99. The molecule has 1 aliphatic heterocycles. The minimum Gasteiger partial charge on any atom is -0.480 e. The maximum atomic E-state index is 12.6. The van der Waals surface area contributed by atoms with Crippen molar-refractivity contribution in [2.45, 2.75) is 58.2 Å². The summed E-state index contributed by atoms with van der Waals surface area (Å²) in [6, 6.07) is -0.0967. The molecule has 2 amide bonds. The Morgan fingerprint density at radius 3 is 2.56 bits per heavy atom. The van der Waals surface area contributed by atoms with Crippen molar-refractivity contribution in [1.29, 1.82) is 0 Å². The smallest absolute Gasteiger partial charge is 0.317 e. The Balaban J connectivity index is 1.83. The number of carboxylic acid groups (broad SMARTS) is 1. The second-order valence-corrected chi connectivity index (χ2v) is 7.92. The van der Waals surface area contributed by atoms with Crippen LogP contribution in [-0.2, 0) is 14.4 Å². The molecule has 1 saturated heterocycles. The zero-order valence-corrected chi connectivity index (χ0v) is 16.1. The van der Waals surface area contributed by atoms with Crippen molar-refractivity contribution >= 4 is 29.5 Å². The van der Waals surface area contributed by atoms with Crippen LogP contribution in [0.3, 0.4) is 0 Å². The van der Waals surface area contributed by atoms with Gasteiger partial charge in [-0.05, 0) is 25.8 Å². The molecule has 2 fully saturated rings. The molecule has 142 valence electrons. The number of carbonyl (C=O) groups is 3. The summed E-state index contributed by atoms with van der Waals surface area (Å²) in [4.78, 5) is 39.5. The third-order valence-corrected chi connectivity index (χ3v) is 6.23. The Kier molecular flexibility index (Phi) is 7.13. The standard InChI is InChI=1S/C17H29N3O4S/c1-4-11(3)17(24)20-10-25-9-14(20)16(23)18-12-6-13(7-12)19(5-2)8-15(21)22/h11-14H,4-10H2,1-3H3,(H,18,23)(H,21,22). The van der Waals surface area contributed by atoms with Gasteiger partial charge in [-0.2, -0.15) is 0 Å². The van der Waals surface area contributed by atoms with E-state index in [1.54, 1.807) is 16.7 Å². The molecule has 0 aromatic rings. The number of rotatable bonds is 8. The monoisotopic (exact) mass is 371 g/mol. The second kappa shape index (κ2) is 8.89. The van der Waals surface area contributed by atoms with Crippen LogP contribution < -0.4 is 5.32 Å². The molecule has 7 nitrogen and oxygen atoms in total. The molecule has 1 saturated carbocycles. The van der Waals surface area contributed by atoms with Crippen molar-refractivity contribution in [1.82, 2.24) is 15.1 Å². The maximum absolute atomic E-state index is 12.6. The zero-order valence-electron chi connectivity index (χ0n) is 15.2. The molecule has 1 aliphatic carbocycles. The van der Waals surface area contributed by atoms with E-state index in [1.807, 2.05) is 25.7 Å². The minimum absolute atomic E-state index is 0.0400. The van der Waals surface area contributed by atoms with Gasteiger partial charge in [0.2, 0.25) is 11.8 Å². The number of aliphatic carboxylic acids is 1. The molecule has 8 heteroatoms. The zero-order chi connectivity index (χ0) is 18.6. The fourth-order valence-corrected chi connectivity index (χ4v) is 4.47. The lowest BCUT2D eigenvalue weighted by atomic mass is 9.85. The van der Waals surface area contributed by atoms with E-state index in [0.717, 1.165) is 19.3 Å². The summed E-state index contributed by atoms with van der Waals surface area (Å²) in [5.41, 5.74) is 0. The molecule has 2 unspecified atom stereocenters. The predicted molar refractivity (Wildman–Crippen MR) is 97.2 cm³/mol. The Morgan fingerprint density at radius 1 is 1.32 bits per heavy atom. The number of carboxylic acids is 1. The predicted octanol–water partition coefficient (Wildman–Crippen LogP) is 0.988. The van der Waals surface area contributed by atoms with Crippen molar-refractivity contribution in [3.05, 3.63) is 0 Å². The SMILES string of the molecule is CCC(C)C(=O)N1CSCC1C(=O)NC1CC(N(CC)CC(=O)O)C1. The highest BCUT2D eigenvalue weighted by Gasteiger charge is 2.39. The molecule has 2 rings (SSSR count). The lowest BCUT2D eigenvalue weighted by molar-refractivity contribution is -0.141. The highest BCUT2D eigenvalue weighted by Crippen LogP contribution is 2.28. The molecule has 0 aromatic carbocycles. The van der Waals surface area contributed by atoms with E-state index in [2.05, 4.69) is 5.32 Å². The van der Waals surface area contributed by atoms with Gasteiger partial charge in [-0.1, -0.05) is 20.8 Å². The summed E-state index contributed by atoms with van der Waals surface area (Å²) in [5, 5.41) is 12.0. The Hall–Kier alpha value is -1.28. The third-order valence-electron chi connectivity index (χ3n) is 5.22. The molecule has 0 bridgehead atoms. The van der Waals surface area contributed by atoms with Gasteiger partial charge in [0.25, 0.3) is 0 Å². The molecule has 0 aromatic heterocycles. The first kappa shape index (κ1) is 20.0. The van der Waals surface area contributed by atoms with E-state index >= 15 is 0 Å². The third kappa shape index (κ3) is 4.88. The summed E-state index contributed by atoms with van der Waals surface area (Å²) >= 11 is 1.61. The number of hydrogen-bond acceptors (Lipinski definition) is 5. The summed E-state index contributed by atoms with van der Waals surface area (Å²) in [7, 11) is 0. The van der Waals surface area contributed by atoms with Gasteiger partial charge < -0.3 is 15.3 Å². The van der Waals surface area contributed by atoms with Crippen LogP contribution in [0.4, 0.5) is 0 Å². The van der Waals surface area contributed by atoms with E-state index in [-0.39, 0.29) is 42.4 Å². The van der Waals surface area contributed by atoms with Crippen LogP contribution in [0.2, 0.25) is 0 Å². The van der Waals surface area contributed by atoms with Gasteiger partial charge in [0.15, 0.2) is 0 Å². The largest absolute Gasteiger partial charge is 0.480 e. The first-order valence-electron chi connectivity index (χ1n) is 9.01. The maximum Gasteiger partial charge on any atom is 0.317 e. The van der Waals surface area contributed by atoms with Crippen molar-refractivity contribution in [3.63, 3.8) is 0 Å². The summed E-state index contributed by atoms with van der Waals surface area (Å²) in [6.45, 7) is 6.56. The lowest BCUT2D eigenvalue weighted by Gasteiger charge is -2.42. The Labute approximate surface area is 153 Å². The van der Waals surface area contributed by atoms with Gasteiger partial charge in [0.1, 0.15) is 6.04 Å². The normalized spacial score (nSPS) is 27.0. The van der Waals surface area contributed by atoms with E-state index in [0.29, 0.717) is 18.2 Å². The molecule has 0 spiro atoms. The number of nitrogens with one attached hydrogen (secondary N) is 1. The highest BCUT2D eigenvalue weighted by atomic mass is 32.2. The van der Waals surface area contributed by atoms with Crippen LogP contribution in [0.15, 0.2) is 0 Å².